The number of amides is 2. The highest BCUT2D eigenvalue weighted by Gasteiger charge is 2.29. The van der Waals surface area contributed by atoms with Crippen LogP contribution in [0.4, 0.5) is 4.79 Å². The van der Waals surface area contributed by atoms with E-state index in [2.05, 4.69) is 22.2 Å². The summed E-state index contributed by atoms with van der Waals surface area (Å²) in [5.41, 5.74) is -0.972. The second kappa shape index (κ2) is 15.4. The van der Waals surface area contributed by atoms with Crippen molar-refractivity contribution in [3.63, 3.8) is 0 Å². The number of carbonyl (C=O) groups excluding carboxylic acids is 4. The Morgan fingerprint density at radius 2 is 1.78 bits per heavy atom. The highest BCUT2D eigenvalue weighted by atomic mass is 16.7. The topological polar surface area (TPSA) is 179 Å². The second-order valence-corrected chi connectivity index (χ2v) is 12.2. The molecule has 1 fully saturated rings. The third-order valence-electron chi connectivity index (χ3n) is 6.75. The maximum atomic E-state index is 13.4. The van der Waals surface area contributed by atoms with Crippen molar-refractivity contribution >= 4 is 36.0 Å². The number of ether oxygens (including phenoxy) is 4. The summed E-state index contributed by atoms with van der Waals surface area (Å²) in [6, 6.07) is 4.42. The standard InChI is InChI=1S/C33H41N3O10/c1-8-20-14-23(29(38)39)22(15-26(20)43-7)21-11-12-24(28(37)34-16-19-9-10-19)35-27(21)31(41)45-17-44-30(40)25(13-18(2)3)36-32(42)46-33(4,5)6/h8,11-12,14-15,18-19,25H,1,9-10,13,16-17H2,2-7H3,(H,34,37)(H,36,42)(H,38,39). The number of carboxylic acid groups (broad SMARTS) is 1. The monoisotopic (exact) mass is 639 g/mol. The number of methoxy groups -OCH3 is 1. The molecule has 46 heavy (non-hydrogen) atoms. The molecular formula is C33H41N3O10. The minimum atomic E-state index is -1.30. The van der Waals surface area contributed by atoms with Crippen LogP contribution < -0.4 is 15.4 Å². The lowest BCUT2D eigenvalue weighted by molar-refractivity contribution is -0.155. The van der Waals surface area contributed by atoms with Gasteiger partial charge in [-0.3, -0.25) is 4.79 Å². The molecule has 1 unspecified atom stereocenters. The first-order chi connectivity index (χ1) is 21.6. The number of aromatic carboxylic acids is 1. The van der Waals surface area contributed by atoms with Crippen LogP contribution >= 0.6 is 0 Å². The number of rotatable bonds is 14. The van der Waals surface area contributed by atoms with Gasteiger partial charge < -0.3 is 34.7 Å². The average Bonchev–Trinajstić information content (AvgIpc) is 3.81. The van der Waals surface area contributed by atoms with Crippen LogP contribution in [0.1, 0.15) is 90.8 Å². The van der Waals surface area contributed by atoms with Gasteiger partial charge in [0.25, 0.3) is 5.91 Å². The molecule has 1 aliphatic carbocycles. The fraction of sp³-hybridized carbons (Fsp3) is 0.455. The molecule has 1 heterocycles. The smallest absolute Gasteiger partial charge is 0.408 e. The van der Waals surface area contributed by atoms with E-state index < -0.39 is 54.0 Å². The lowest BCUT2D eigenvalue weighted by atomic mass is 9.95. The molecule has 1 atom stereocenters. The van der Waals surface area contributed by atoms with E-state index in [1.165, 1.54) is 37.5 Å². The van der Waals surface area contributed by atoms with Crippen molar-refractivity contribution in [1.29, 1.82) is 0 Å². The van der Waals surface area contributed by atoms with Crippen molar-refractivity contribution in [2.75, 3.05) is 20.4 Å². The van der Waals surface area contributed by atoms with Gasteiger partial charge in [-0.1, -0.05) is 26.5 Å². The summed E-state index contributed by atoms with van der Waals surface area (Å²) in [4.78, 5) is 67.9. The molecule has 0 bridgehead atoms. The number of benzene rings is 1. The number of hydrogen-bond donors (Lipinski definition) is 3. The molecule has 0 spiro atoms. The molecule has 2 amide bonds. The zero-order valence-electron chi connectivity index (χ0n) is 26.9. The van der Waals surface area contributed by atoms with Crippen molar-refractivity contribution in [3.05, 3.63) is 53.4 Å². The number of nitrogens with zero attached hydrogens (tertiary/aromatic N) is 1. The van der Waals surface area contributed by atoms with Crippen LogP contribution in [0, 0.1) is 11.8 Å². The normalized spacial score (nSPS) is 13.3. The number of alkyl carbamates (subject to hydrolysis) is 1. The van der Waals surface area contributed by atoms with Gasteiger partial charge in [0.05, 0.1) is 12.7 Å². The van der Waals surface area contributed by atoms with Crippen LogP contribution in [0.5, 0.6) is 5.75 Å². The van der Waals surface area contributed by atoms with Gasteiger partial charge in [-0.15, -0.1) is 0 Å². The maximum absolute atomic E-state index is 13.4. The van der Waals surface area contributed by atoms with E-state index in [0.717, 1.165) is 12.8 Å². The Balaban J connectivity index is 1.90. The third kappa shape index (κ3) is 10.0. The molecule has 248 valence electrons. The molecule has 1 aromatic heterocycles. The van der Waals surface area contributed by atoms with E-state index in [9.17, 15) is 29.1 Å². The Bertz CT molecular complexity index is 1490. The number of carboxylic acids is 1. The number of esters is 2. The second-order valence-electron chi connectivity index (χ2n) is 12.2. The largest absolute Gasteiger partial charge is 0.496 e. The van der Waals surface area contributed by atoms with Crippen molar-refractivity contribution < 1.29 is 48.0 Å². The number of carbonyl (C=O) groups is 5. The molecule has 13 nitrogen and oxygen atoms in total. The Labute approximate surface area is 267 Å². The highest BCUT2D eigenvalue weighted by Crippen LogP contribution is 2.34. The van der Waals surface area contributed by atoms with Crippen LogP contribution in [-0.4, -0.2) is 72.1 Å². The van der Waals surface area contributed by atoms with Crippen LogP contribution in [0.15, 0.2) is 30.8 Å². The maximum Gasteiger partial charge on any atom is 0.408 e. The zero-order chi connectivity index (χ0) is 34.2. The van der Waals surface area contributed by atoms with Crippen molar-refractivity contribution in [2.45, 2.75) is 65.5 Å². The quantitative estimate of drug-likeness (QED) is 0.190. The minimum Gasteiger partial charge on any atom is -0.496 e. The molecule has 1 aliphatic rings. The predicted octanol–water partition coefficient (Wildman–Crippen LogP) is 4.84. The van der Waals surface area contributed by atoms with Gasteiger partial charge in [0.1, 0.15) is 23.1 Å². The fourth-order valence-corrected chi connectivity index (χ4v) is 4.39. The van der Waals surface area contributed by atoms with E-state index in [1.807, 2.05) is 13.8 Å². The summed E-state index contributed by atoms with van der Waals surface area (Å²) in [6.45, 7) is 12.0. The van der Waals surface area contributed by atoms with Gasteiger partial charge in [-0.25, -0.2) is 24.2 Å². The fourth-order valence-electron chi connectivity index (χ4n) is 4.39. The number of aromatic nitrogens is 1. The first-order valence-electron chi connectivity index (χ1n) is 14.8. The van der Waals surface area contributed by atoms with Gasteiger partial charge in [0.2, 0.25) is 6.79 Å². The van der Waals surface area contributed by atoms with Crippen molar-refractivity contribution in [2.24, 2.45) is 11.8 Å². The lowest BCUT2D eigenvalue weighted by Gasteiger charge is -2.23. The minimum absolute atomic E-state index is 0.0107. The van der Waals surface area contributed by atoms with Gasteiger partial charge in [0.15, 0.2) is 5.69 Å². The number of hydrogen-bond acceptors (Lipinski definition) is 10. The molecule has 0 saturated heterocycles. The number of pyridine rings is 1. The molecule has 3 rings (SSSR count). The molecule has 1 aromatic carbocycles. The van der Waals surface area contributed by atoms with E-state index in [-0.39, 0.29) is 40.5 Å². The Morgan fingerprint density at radius 3 is 2.35 bits per heavy atom. The van der Waals surface area contributed by atoms with E-state index in [4.69, 9.17) is 18.9 Å². The molecule has 2 aromatic rings. The van der Waals surface area contributed by atoms with Crippen LogP contribution in [0.25, 0.3) is 17.2 Å². The van der Waals surface area contributed by atoms with Gasteiger partial charge >= 0.3 is 24.0 Å². The summed E-state index contributed by atoms with van der Waals surface area (Å²) in [5, 5.41) is 15.2. The van der Waals surface area contributed by atoms with Gasteiger partial charge in [-0.05, 0) is 76.1 Å². The van der Waals surface area contributed by atoms with Crippen molar-refractivity contribution in [3.8, 4) is 16.9 Å². The van der Waals surface area contributed by atoms with E-state index >= 15 is 0 Å². The Kier molecular flexibility index (Phi) is 11.9. The SMILES string of the molecule is C=Cc1cc(C(=O)O)c(-c2ccc(C(=O)NCC3CC3)nc2C(=O)OCOC(=O)C(CC(C)C)NC(=O)OC(C)(C)C)cc1OC. The molecule has 13 heteroatoms. The van der Waals surface area contributed by atoms with E-state index in [0.29, 0.717) is 18.0 Å². The molecule has 3 N–H and O–H groups in total. The highest BCUT2D eigenvalue weighted by molar-refractivity contribution is 6.04. The molecule has 0 radical (unpaired) electrons. The summed E-state index contributed by atoms with van der Waals surface area (Å²) in [5.74, 6) is -3.13. The van der Waals surface area contributed by atoms with Crippen LogP contribution in [-0.2, 0) is 19.0 Å². The van der Waals surface area contributed by atoms with Crippen LogP contribution in [0.3, 0.4) is 0 Å². The molecular weight excluding hydrogens is 598 g/mol. The Morgan fingerprint density at radius 1 is 1.09 bits per heavy atom. The summed E-state index contributed by atoms with van der Waals surface area (Å²) in [7, 11) is 1.39. The molecule has 1 saturated carbocycles. The van der Waals surface area contributed by atoms with Crippen molar-refractivity contribution in [1.82, 2.24) is 15.6 Å². The molecule has 0 aliphatic heterocycles. The predicted molar refractivity (Wildman–Crippen MR) is 167 cm³/mol. The Hall–Kier alpha value is -4.94. The third-order valence-corrected chi connectivity index (χ3v) is 6.75. The number of nitrogens with one attached hydrogen (secondary N) is 2. The van der Waals surface area contributed by atoms with Gasteiger partial charge in [0, 0.05) is 23.2 Å². The summed E-state index contributed by atoms with van der Waals surface area (Å²) in [6.07, 6.45) is 2.85. The van der Waals surface area contributed by atoms with E-state index in [1.54, 1.807) is 20.8 Å². The first-order valence-corrected chi connectivity index (χ1v) is 14.8. The average molecular weight is 640 g/mol. The summed E-state index contributed by atoms with van der Waals surface area (Å²) >= 11 is 0. The van der Waals surface area contributed by atoms with Gasteiger partial charge in [-0.2, -0.15) is 0 Å². The first kappa shape index (κ1) is 35.5. The van der Waals surface area contributed by atoms with Crippen LogP contribution in [0.2, 0.25) is 0 Å². The summed E-state index contributed by atoms with van der Waals surface area (Å²) < 4.78 is 21.0. The zero-order valence-corrected chi connectivity index (χ0v) is 26.9. The lowest BCUT2D eigenvalue weighted by Crippen LogP contribution is -2.45.